The fraction of sp³-hybridized carbons (Fsp3) is 0.536. The number of aliphatic hydroxyl groups is 1. The van der Waals surface area contributed by atoms with Gasteiger partial charge in [0.15, 0.2) is 5.60 Å². The van der Waals surface area contributed by atoms with Crippen molar-refractivity contribution in [1.29, 1.82) is 0 Å². The molecular weight excluding hydrogens is 581 g/mol. The zero-order valence-corrected chi connectivity index (χ0v) is 24.7. The van der Waals surface area contributed by atoms with E-state index in [1.54, 1.807) is 27.7 Å². The number of hydrogen-bond acceptors (Lipinski definition) is 6. The van der Waals surface area contributed by atoms with Gasteiger partial charge < -0.3 is 25.7 Å². The number of carbonyl (C=O) groups excluding carboxylic acids is 2. The maximum atomic E-state index is 13.3. The summed E-state index contributed by atoms with van der Waals surface area (Å²) < 4.78 is 31.4. The molecule has 0 radical (unpaired) electrons. The second kappa shape index (κ2) is 11.8. The summed E-state index contributed by atoms with van der Waals surface area (Å²) in [6.07, 6.45) is 1.25. The summed E-state index contributed by atoms with van der Waals surface area (Å²) in [7, 11) is 0. The second-order valence-corrected chi connectivity index (χ2v) is 12.4. The number of alkyl halides is 2. The first kappa shape index (κ1) is 31.1. The van der Waals surface area contributed by atoms with Crippen LogP contribution in [0.25, 0.3) is 0 Å². The van der Waals surface area contributed by atoms with Crippen LogP contribution in [0.2, 0.25) is 10.0 Å². The van der Waals surface area contributed by atoms with Crippen molar-refractivity contribution in [1.82, 2.24) is 10.6 Å². The van der Waals surface area contributed by atoms with Crippen molar-refractivity contribution in [2.45, 2.75) is 89.1 Å². The van der Waals surface area contributed by atoms with Gasteiger partial charge in [0.05, 0.1) is 34.8 Å². The molecule has 9 nitrogen and oxygen atoms in total. The molecule has 1 aromatic heterocycles. The van der Waals surface area contributed by atoms with Gasteiger partial charge in [-0.05, 0) is 58.7 Å². The molecule has 13 heteroatoms. The van der Waals surface area contributed by atoms with Crippen LogP contribution in [-0.4, -0.2) is 53.6 Å². The predicted octanol–water partition coefficient (Wildman–Crippen LogP) is 4.32. The van der Waals surface area contributed by atoms with Gasteiger partial charge in [-0.3, -0.25) is 14.5 Å². The molecule has 2 saturated heterocycles. The summed E-state index contributed by atoms with van der Waals surface area (Å²) in [6, 6.07) is 5.80. The number of carbonyl (C=O) groups is 2. The zero-order valence-electron chi connectivity index (χ0n) is 23.2. The third-order valence-electron chi connectivity index (χ3n) is 7.50. The van der Waals surface area contributed by atoms with Crippen molar-refractivity contribution in [2.24, 2.45) is 0 Å². The van der Waals surface area contributed by atoms with E-state index in [2.05, 4.69) is 10.6 Å². The highest BCUT2D eigenvalue weighted by Gasteiger charge is 2.48. The van der Waals surface area contributed by atoms with E-state index in [0.29, 0.717) is 29.0 Å². The maximum Gasteiger partial charge on any atom is 0.280 e. The van der Waals surface area contributed by atoms with Gasteiger partial charge >= 0.3 is 0 Å². The minimum atomic E-state index is -2.69. The average Bonchev–Trinajstić information content (AvgIpc) is 3.12. The minimum absolute atomic E-state index is 0.00316. The molecule has 2 amide bonds. The van der Waals surface area contributed by atoms with Crippen molar-refractivity contribution < 1.29 is 32.9 Å². The molecule has 2 fully saturated rings. The molecule has 2 aromatic rings. The number of ether oxygens (including phenoxy) is 1. The molecule has 2 aliphatic rings. The van der Waals surface area contributed by atoms with E-state index in [0.717, 1.165) is 19.0 Å². The Balaban J connectivity index is 1.42. The summed E-state index contributed by atoms with van der Waals surface area (Å²) >= 11 is 12.6. The van der Waals surface area contributed by atoms with Crippen LogP contribution in [0.15, 0.2) is 30.5 Å². The van der Waals surface area contributed by atoms with Gasteiger partial charge in [-0.1, -0.05) is 23.2 Å². The Morgan fingerprint density at radius 3 is 2.34 bits per heavy atom. The first-order valence-electron chi connectivity index (χ1n) is 13.4. The van der Waals surface area contributed by atoms with E-state index < -0.39 is 30.1 Å². The lowest BCUT2D eigenvalue weighted by atomic mass is 9.96. The Morgan fingerprint density at radius 1 is 1.15 bits per heavy atom. The van der Waals surface area contributed by atoms with Crippen LogP contribution in [0.3, 0.4) is 0 Å². The summed E-state index contributed by atoms with van der Waals surface area (Å²) in [5.74, 6) is -0.498. The van der Waals surface area contributed by atoms with Crippen LogP contribution in [0.5, 0.6) is 5.75 Å². The number of nitrogens with zero attached hydrogens (tertiary/aromatic N) is 2. The van der Waals surface area contributed by atoms with Gasteiger partial charge in [-0.15, -0.1) is 0 Å². The van der Waals surface area contributed by atoms with Crippen LogP contribution in [-0.2, 0) is 10.4 Å². The number of anilines is 1. The molecule has 1 aromatic carbocycles. The summed E-state index contributed by atoms with van der Waals surface area (Å²) in [4.78, 5) is 27.4. The monoisotopic (exact) mass is 614 g/mol. The predicted molar refractivity (Wildman–Crippen MR) is 151 cm³/mol. The summed E-state index contributed by atoms with van der Waals surface area (Å²) in [5.41, 5.74) is -2.14. The molecule has 41 heavy (non-hydrogen) atoms. The minimum Gasteiger partial charge on any atom is -0.711 e. The molecule has 0 unspecified atom stereocenters. The molecule has 3 atom stereocenters. The Bertz CT molecular complexity index is 1310. The standard InChI is InChI=1S/C28H34Cl2F2N4O5/c1-27(2,39)19-11-22(21(30)12-20(19)29)41-28(3,4)26(38)34-16-9-17-6-7-18(10-16)36(17)24-8-5-15(14-35(24)40)25(37)33-13-23(31)32/h5,8,11-12,14,16-18,23,39H,6-7,9-10,13H2,1-4H3,(H,33,37)(H,34,38)/t16-,17+,18-. The first-order chi connectivity index (χ1) is 19.1. The summed E-state index contributed by atoms with van der Waals surface area (Å²) in [5, 5.41) is 28.9. The summed E-state index contributed by atoms with van der Waals surface area (Å²) in [6.45, 7) is 5.63. The number of piperidine rings is 1. The van der Waals surface area contributed by atoms with Gasteiger partial charge in [-0.2, -0.15) is 0 Å². The number of benzene rings is 1. The zero-order chi connectivity index (χ0) is 30.3. The first-order valence-corrected chi connectivity index (χ1v) is 14.1. The second-order valence-electron chi connectivity index (χ2n) is 11.6. The van der Waals surface area contributed by atoms with Gasteiger partial charge in [0, 0.05) is 35.5 Å². The maximum absolute atomic E-state index is 13.3. The molecule has 3 heterocycles. The molecule has 0 aliphatic carbocycles. The molecule has 0 spiro atoms. The van der Waals surface area contributed by atoms with E-state index in [1.807, 2.05) is 4.90 Å². The number of amides is 2. The molecular formula is C28H34Cl2F2N4O5. The molecule has 2 bridgehead atoms. The molecule has 2 aliphatic heterocycles. The van der Waals surface area contributed by atoms with Crippen LogP contribution >= 0.6 is 23.2 Å². The number of aromatic nitrogens is 1. The topological polar surface area (TPSA) is 118 Å². The number of halogens is 4. The van der Waals surface area contributed by atoms with E-state index in [-0.39, 0.29) is 45.4 Å². The van der Waals surface area contributed by atoms with Crippen LogP contribution in [0.4, 0.5) is 14.6 Å². The van der Waals surface area contributed by atoms with Crippen molar-refractivity contribution >= 4 is 40.8 Å². The Labute approximate surface area is 247 Å². The fourth-order valence-corrected chi connectivity index (χ4v) is 6.16. The number of rotatable bonds is 9. The molecule has 4 rings (SSSR count). The Morgan fingerprint density at radius 2 is 1.78 bits per heavy atom. The highest BCUT2D eigenvalue weighted by Crippen LogP contribution is 2.40. The smallest absolute Gasteiger partial charge is 0.280 e. The van der Waals surface area contributed by atoms with E-state index in [9.17, 15) is 28.7 Å². The van der Waals surface area contributed by atoms with Gasteiger partial charge in [0.2, 0.25) is 0 Å². The fourth-order valence-electron chi connectivity index (χ4n) is 5.50. The largest absolute Gasteiger partial charge is 0.711 e. The highest BCUT2D eigenvalue weighted by atomic mass is 35.5. The Kier molecular flexibility index (Phi) is 8.92. The van der Waals surface area contributed by atoms with Gasteiger partial charge in [-0.25, -0.2) is 13.5 Å². The van der Waals surface area contributed by atoms with E-state index in [4.69, 9.17) is 27.9 Å². The van der Waals surface area contributed by atoms with E-state index in [1.165, 1.54) is 24.3 Å². The quantitative estimate of drug-likeness (QED) is 0.286. The average molecular weight is 616 g/mol. The van der Waals surface area contributed by atoms with Gasteiger partial charge in [0.1, 0.15) is 11.9 Å². The van der Waals surface area contributed by atoms with Crippen molar-refractivity contribution in [2.75, 3.05) is 11.4 Å². The van der Waals surface area contributed by atoms with Crippen LogP contribution < -0.4 is 25.0 Å². The number of fused-ring (bicyclic) bond motifs is 2. The van der Waals surface area contributed by atoms with Gasteiger partial charge in [0.25, 0.3) is 24.1 Å². The highest BCUT2D eigenvalue weighted by molar-refractivity contribution is 6.36. The lowest BCUT2D eigenvalue weighted by Crippen LogP contribution is -2.56. The third-order valence-corrected chi connectivity index (χ3v) is 8.11. The number of pyridine rings is 1. The number of nitrogens with one attached hydrogen (secondary N) is 2. The van der Waals surface area contributed by atoms with Crippen molar-refractivity contribution in [3.05, 3.63) is 56.8 Å². The molecule has 0 saturated carbocycles. The van der Waals surface area contributed by atoms with Crippen LogP contribution in [0.1, 0.15) is 69.3 Å². The number of hydrogen-bond donors (Lipinski definition) is 3. The molecule has 224 valence electrons. The van der Waals surface area contributed by atoms with E-state index >= 15 is 0 Å². The van der Waals surface area contributed by atoms with Crippen molar-refractivity contribution in [3.8, 4) is 5.75 Å². The van der Waals surface area contributed by atoms with Crippen LogP contribution in [0, 0.1) is 5.21 Å². The Hall–Kier alpha value is -2.89. The third kappa shape index (κ3) is 6.95. The normalized spacial score (nSPS) is 20.7. The SMILES string of the molecule is CC(C)(Oc1cc(C(C)(C)O)c(Cl)cc1Cl)C(=O)N[C@H]1C[C@H]2CC[C@@H](C1)N2c1ccc(C(=O)NCC(F)F)c[n+]1[O-]. The lowest BCUT2D eigenvalue weighted by Gasteiger charge is -2.37. The van der Waals surface area contributed by atoms with Crippen molar-refractivity contribution in [3.63, 3.8) is 0 Å². The molecule has 3 N–H and O–H groups in total. The lowest BCUT2D eigenvalue weighted by molar-refractivity contribution is -0.592.